The monoisotopic (exact) mass is 560 g/mol. The summed E-state index contributed by atoms with van der Waals surface area (Å²) in [5.74, 6) is 4.20. The molecule has 0 radical (unpaired) electrons. The van der Waals surface area contributed by atoms with Crippen molar-refractivity contribution in [1.29, 1.82) is 0 Å². The molecule has 11 atom stereocenters. The van der Waals surface area contributed by atoms with Crippen LogP contribution in [0.5, 0.6) is 0 Å². The Bertz CT molecular complexity index is 1110. The highest BCUT2D eigenvalue weighted by Crippen LogP contribution is 2.65. The molecule has 4 aliphatic carbocycles. The van der Waals surface area contributed by atoms with Crippen LogP contribution in [-0.4, -0.2) is 55.4 Å². The zero-order valence-electron chi connectivity index (χ0n) is 26.1. The molecule has 2 saturated heterocycles. The molecule has 39 heavy (non-hydrogen) atoms. The summed E-state index contributed by atoms with van der Waals surface area (Å²) in [7, 11) is -3.14. The second kappa shape index (κ2) is 9.54. The zero-order valence-corrected chi connectivity index (χ0v) is 26.9. The van der Waals surface area contributed by atoms with Crippen LogP contribution in [0.2, 0.25) is 0 Å². The number of rotatable bonds is 2. The molecule has 2 aliphatic heterocycles. The largest absolute Gasteiger partial charge is 0.369 e. The van der Waals surface area contributed by atoms with Gasteiger partial charge in [-0.25, -0.2) is 13.1 Å². The van der Waals surface area contributed by atoms with Crippen molar-refractivity contribution in [3.05, 3.63) is 11.1 Å². The van der Waals surface area contributed by atoms with E-state index in [2.05, 4.69) is 58.1 Å². The average molecular weight is 561 g/mol. The maximum Gasteiger partial charge on any atom is 0.208 e. The molecule has 6 aliphatic rings. The van der Waals surface area contributed by atoms with Crippen molar-refractivity contribution in [2.45, 2.75) is 142 Å². The molecular formula is C33H56N2O3S. The van der Waals surface area contributed by atoms with Crippen LogP contribution in [0, 0.1) is 40.9 Å². The van der Waals surface area contributed by atoms with Crippen molar-refractivity contribution < 1.29 is 13.2 Å². The van der Waals surface area contributed by atoms with Gasteiger partial charge in [0.15, 0.2) is 0 Å². The lowest BCUT2D eigenvalue weighted by atomic mass is 9.52. The number of nitrogens with one attached hydrogen (secondary N) is 1. The molecule has 222 valence electrons. The predicted octanol–water partition coefficient (Wildman–Crippen LogP) is 6.54. The first-order valence-electron chi connectivity index (χ1n) is 16.2. The van der Waals surface area contributed by atoms with Crippen LogP contribution >= 0.6 is 0 Å². The molecular weight excluding hydrogens is 504 g/mol. The van der Waals surface area contributed by atoms with E-state index in [9.17, 15) is 8.42 Å². The Morgan fingerprint density at radius 3 is 2.49 bits per heavy atom. The van der Waals surface area contributed by atoms with Crippen LogP contribution < -0.4 is 4.72 Å². The molecule has 0 aromatic carbocycles. The highest BCUT2D eigenvalue weighted by Gasteiger charge is 2.61. The van der Waals surface area contributed by atoms with Crippen LogP contribution in [0.1, 0.15) is 113 Å². The third-order valence-corrected chi connectivity index (χ3v) is 13.8. The van der Waals surface area contributed by atoms with Gasteiger partial charge in [0.05, 0.1) is 18.0 Å². The highest BCUT2D eigenvalue weighted by molar-refractivity contribution is 7.88. The molecule has 0 amide bonds. The number of likely N-dealkylation sites (tertiary alicyclic amines) is 1. The normalized spacial score (nSPS) is 48.9. The topological polar surface area (TPSA) is 58.6 Å². The molecule has 1 spiro atoms. The summed E-state index contributed by atoms with van der Waals surface area (Å²) in [5, 5.41) is 0. The first kappa shape index (κ1) is 28.7. The lowest BCUT2D eigenvalue weighted by Gasteiger charge is -2.54. The molecule has 1 N–H and O–H groups in total. The SMILES string of the molecule is CC1=C2C[C@H]3[C@@H](CC[C@@H]4C[C@H](NS(C)(=O)=O)CC[C@@]43C)[C@@H]2CC[C@@]2(C1)O[C@@H]1C[C@H](C)CN(C(C)(C)C)[C@H]1[C@H]2C. The molecule has 0 unspecified atom stereocenters. The average Bonchev–Trinajstić information content (AvgIpc) is 3.27. The molecule has 0 aromatic heterocycles. The predicted molar refractivity (Wildman–Crippen MR) is 159 cm³/mol. The summed E-state index contributed by atoms with van der Waals surface area (Å²) >= 11 is 0. The first-order valence-corrected chi connectivity index (χ1v) is 18.1. The third-order valence-electron chi connectivity index (χ3n) is 13.0. The van der Waals surface area contributed by atoms with Crippen LogP contribution in [0.15, 0.2) is 11.1 Å². The Hall–Kier alpha value is -0.430. The Labute approximate surface area is 239 Å². The Morgan fingerprint density at radius 1 is 1.05 bits per heavy atom. The van der Waals surface area contributed by atoms with Crippen molar-refractivity contribution in [2.75, 3.05) is 12.8 Å². The number of hydrogen-bond donors (Lipinski definition) is 1. The Morgan fingerprint density at radius 2 is 1.79 bits per heavy atom. The Balaban J connectivity index is 1.23. The smallest absolute Gasteiger partial charge is 0.208 e. The number of hydrogen-bond acceptors (Lipinski definition) is 4. The molecule has 6 heteroatoms. The number of ether oxygens (including phenoxy) is 1. The quantitative estimate of drug-likeness (QED) is 0.390. The van der Waals surface area contributed by atoms with Gasteiger partial charge in [-0.2, -0.15) is 0 Å². The van der Waals surface area contributed by atoms with Gasteiger partial charge >= 0.3 is 0 Å². The molecule has 0 aromatic rings. The fraction of sp³-hybridized carbons (Fsp3) is 0.939. The van der Waals surface area contributed by atoms with Gasteiger partial charge in [-0.15, -0.1) is 0 Å². The van der Waals surface area contributed by atoms with Gasteiger partial charge in [-0.3, -0.25) is 4.90 Å². The number of piperidine rings is 1. The van der Waals surface area contributed by atoms with Crippen molar-refractivity contribution >= 4 is 10.0 Å². The minimum absolute atomic E-state index is 0.00368. The van der Waals surface area contributed by atoms with Gasteiger partial charge in [0.25, 0.3) is 0 Å². The van der Waals surface area contributed by atoms with Gasteiger partial charge in [0, 0.05) is 30.1 Å². The summed E-state index contributed by atoms with van der Waals surface area (Å²) in [6.45, 7) is 18.4. The summed E-state index contributed by atoms with van der Waals surface area (Å²) < 4.78 is 34.1. The van der Waals surface area contributed by atoms with Crippen LogP contribution in [-0.2, 0) is 14.8 Å². The van der Waals surface area contributed by atoms with Gasteiger partial charge in [0.1, 0.15) is 0 Å². The maximum absolute atomic E-state index is 11.9. The lowest BCUT2D eigenvalue weighted by Crippen LogP contribution is -2.58. The molecule has 5 nitrogen and oxygen atoms in total. The van der Waals surface area contributed by atoms with E-state index in [0.29, 0.717) is 35.3 Å². The third kappa shape index (κ3) is 4.79. The fourth-order valence-corrected chi connectivity index (χ4v) is 12.0. The summed E-state index contributed by atoms with van der Waals surface area (Å²) in [6, 6.07) is 0.664. The summed E-state index contributed by atoms with van der Waals surface area (Å²) in [4.78, 5) is 2.80. The van der Waals surface area contributed by atoms with Gasteiger partial charge in [-0.1, -0.05) is 31.9 Å². The van der Waals surface area contributed by atoms with Gasteiger partial charge in [0.2, 0.25) is 10.0 Å². The molecule has 2 heterocycles. The van der Waals surface area contributed by atoms with Crippen molar-refractivity contribution in [3.63, 3.8) is 0 Å². The van der Waals surface area contributed by atoms with Crippen molar-refractivity contribution in [2.24, 2.45) is 40.9 Å². The van der Waals surface area contributed by atoms with E-state index in [1.54, 1.807) is 11.1 Å². The second-order valence-corrected chi connectivity index (χ2v) is 18.2. The van der Waals surface area contributed by atoms with Gasteiger partial charge < -0.3 is 4.74 Å². The van der Waals surface area contributed by atoms with E-state index < -0.39 is 10.0 Å². The number of fused-ring (bicyclic) bond motifs is 6. The molecule has 5 fully saturated rings. The Kier molecular flexibility index (Phi) is 7.02. The van der Waals surface area contributed by atoms with Crippen molar-refractivity contribution in [1.82, 2.24) is 9.62 Å². The standard InChI is InChI=1S/C33H56N2O3S/c1-20-15-29-30(35(19-20)31(4,5)6)22(3)33(38-29)14-12-25-26-10-9-23-16-24(34-39(8,36)37)11-13-32(23,7)28(26)17-27(25)21(2)18-33/h20,22-26,28-30,34H,9-19H2,1-8H3/t20-,22+,23+,24+,25-,26-,28-,29+,30-,32-,33-/m0/s1. The minimum atomic E-state index is -3.14. The molecule has 6 rings (SSSR count). The minimum Gasteiger partial charge on any atom is -0.369 e. The second-order valence-electron chi connectivity index (χ2n) is 16.4. The summed E-state index contributed by atoms with van der Waals surface area (Å²) in [6.07, 6.45) is 13.6. The van der Waals surface area contributed by atoms with Crippen LogP contribution in [0.3, 0.4) is 0 Å². The highest BCUT2D eigenvalue weighted by atomic mass is 32.2. The van der Waals surface area contributed by atoms with E-state index in [4.69, 9.17) is 4.74 Å². The number of allylic oxidation sites excluding steroid dienone is 1. The molecule has 0 bridgehead atoms. The number of nitrogens with zero attached hydrogens (tertiary/aromatic N) is 1. The van der Waals surface area contributed by atoms with E-state index in [-0.39, 0.29) is 17.2 Å². The van der Waals surface area contributed by atoms with Crippen molar-refractivity contribution in [3.8, 4) is 0 Å². The summed E-state index contributed by atoms with van der Waals surface area (Å²) in [5.41, 5.74) is 3.97. The van der Waals surface area contributed by atoms with Crippen LogP contribution in [0.4, 0.5) is 0 Å². The lowest BCUT2D eigenvalue weighted by molar-refractivity contribution is -0.0878. The first-order chi connectivity index (χ1) is 18.1. The van der Waals surface area contributed by atoms with E-state index in [1.807, 2.05) is 0 Å². The van der Waals surface area contributed by atoms with E-state index >= 15 is 0 Å². The zero-order chi connectivity index (χ0) is 28.1. The van der Waals surface area contributed by atoms with Gasteiger partial charge in [-0.05, 0) is 127 Å². The maximum atomic E-state index is 11.9. The van der Waals surface area contributed by atoms with E-state index in [1.165, 1.54) is 57.7 Å². The number of sulfonamides is 1. The fourth-order valence-electron chi connectivity index (χ4n) is 11.2. The van der Waals surface area contributed by atoms with Crippen LogP contribution in [0.25, 0.3) is 0 Å². The molecule has 3 saturated carbocycles. The van der Waals surface area contributed by atoms with E-state index in [0.717, 1.165) is 37.0 Å².